The number of ether oxygens (including phenoxy) is 1. The zero-order valence-electron chi connectivity index (χ0n) is 12.9. The molecule has 0 aromatic carbocycles. The summed E-state index contributed by atoms with van der Waals surface area (Å²) in [6.07, 6.45) is 3.55. The summed E-state index contributed by atoms with van der Waals surface area (Å²) in [6, 6.07) is 1.87. The van der Waals surface area contributed by atoms with Gasteiger partial charge < -0.3 is 10.1 Å². The maximum atomic E-state index is 12.0. The van der Waals surface area contributed by atoms with Crippen LogP contribution in [0.5, 0.6) is 0 Å². The van der Waals surface area contributed by atoms with Crippen molar-refractivity contribution >= 4 is 17.6 Å². The molecule has 0 aliphatic rings. The van der Waals surface area contributed by atoms with Gasteiger partial charge in [0, 0.05) is 37.6 Å². The van der Waals surface area contributed by atoms with Gasteiger partial charge in [-0.25, -0.2) is 4.79 Å². The minimum Gasteiger partial charge on any atom is -0.464 e. The van der Waals surface area contributed by atoms with E-state index in [0.29, 0.717) is 18.8 Å². The lowest BCUT2D eigenvalue weighted by atomic mass is 10.3. The van der Waals surface area contributed by atoms with Crippen molar-refractivity contribution in [2.75, 3.05) is 12.4 Å². The summed E-state index contributed by atoms with van der Waals surface area (Å²) in [5, 5.41) is 10.9. The molecule has 0 saturated carbocycles. The molecule has 0 spiro atoms. The van der Waals surface area contributed by atoms with Gasteiger partial charge in [0.1, 0.15) is 0 Å². The maximum Gasteiger partial charge on any atom is 0.360 e. The van der Waals surface area contributed by atoms with E-state index in [0.717, 1.165) is 5.69 Å². The number of nitrogens with zero attached hydrogens (tertiary/aromatic N) is 4. The Kier molecular flexibility index (Phi) is 4.92. The van der Waals surface area contributed by atoms with Crippen LogP contribution in [-0.2, 0) is 22.6 Å². The Bertz CT molecular complexity index is 674. The summed E-state index contributed by atoms with van der Waals surface area (Å²) in [5.41, 5.74) is 1.45. The molecule has 2 rings (SSSR count). The molecule has 0 radical (unpaired) electrons. The number of amides is 1. The molecule has 0 atom stereocenters. The van der Waals surface area contributed by atoms with E-state index >= 15 is 0 Å². The SMILES string of the molecule is CCn1cc(NC(=O)CCn2nccc2C)c(C(=O)OC)n1. The highest BCUT2D eigenvalue weighted by atomic mass is 16.5. The number of hydrogen-bond acceptors (Lipinski definition) is 5. The molecule has 1 N–H and O–H groups in total. The zero-order chi connectivity index (χ0) is 16.1. The second-order valence-corrected chi connectivity index (χ2v) is 4.73. The first kappa shape index (κ1) is 15.7. The standard InChI is InChI=1S/C14H19N5O3/c1-4-18-9-11(13(17-18)14(21)22-3)16-12(20)6-8-19-10(2)5-7-15-19/h5,7,9H,4,6,8H2,1-3H3,(H,16,20). The Labute approximate surface area is 128 Å². The Morgan fingerprint density at radius 2 is 2.18 bits per heavy atom. The minimum absolute atomic E-state index is 0.105. The highest BCUT2D eigenvalue weighted by Gasteiger charge is 2.18. The monoisotopic (exact) mass is 305 g/mol. The largest absolute Gasteiger partial charge is 0.464 e. The highest BCUT2D eigenvalue weighted by molar-refractivity contribution is 5.99. The molecule has 118 valence electrons. The number of esters is 1. The van der Waals surface area contributed by atoms with Gasteiger partial charge in [0.15, 0.2) is 5.69 Å². The van der Waals surface area contributed by atoms with E-state index in [9.17, 15) is 9.59 Å². The van der Waals surface area contributed by atoms with Gasteiger partial charge in [0.2, 0.25) is 5.91 Å². The van der Waals surface area contributed by atoms with Gasteiger partial charge in [-0.1, -0.05) is 0 Å². The van der Waals surface area contributed by atoms with Crippen molar-refractivity contribution in [3.05, 3.63) is 29.8 Å². The van der Waals surface area contributed by atoms with Gasteiger partial charge in [-0.05, 0) is 19.9 Å². The van der Waals surface area contributed by atoms with Crippen LogP contribution >= 0.6 is 0 Å². The van der Waals surface area contributed by atoms with Crippen LogP contribution in [0.4, 0.5) is 5.69 Å². The number of carbonyl (C=O) groups excluding carboxylic acids is 2. The first-order valence-corrected chi connectivity index (χ1v) is 6.99. The van der Waals surface area contributed by atoms with E-state index in [2.05, 4.69) is 20.3 Å². The molecule has 0 aliphatic carbocycles. The Balaban J connectivity index is 2.03. The van der Waals surface area contributed by atoms with Crippen LogP contribution < -0.4 is 5.32 Å². The van der Waals surface area contributed by atoms with E-state index in [-0.39, 0.29) is 18.0 Å². The van der Waals surface area contributed by atoms with Gasteiger partial charge in [0.25, 0.3) is 0 Å². The zero-order valence-corrected chi connectivity index (χ0v) is 12.9. The second kappa shape index (κ2) is 6.88. The smallest absolute Gasteiger partial charge is 0.360 e. The number of methoxy groups -OCH3 is 1. The second-order valence-electron chi connectivity index (χ2n) is 4.73. The topological polar surface area (TPSA) is 91.0 Å². The summed E-state index contributed by atoms with van der Waals surface area (Å²) in [7, 11) is 1.28. The molecule has 0 saturated heterocycles. The Morgan fingerprint density at radius 3 is 2.77 bits per heavy atom. The van der Waals surface area contributed by atoms with E-state index < -0.39 is 5.97 Å². The van der Waals surface area contributed by atoms with Crippen LogP contribution in [0.3, 0.4) is 0 Å². The quantitative estimate of drug-likeness (QED) is 0.810. The summed E-state index contributed by atoms with van der Waals surface area (Å²) in [4.78, 5) is 23.7. The third-order valence-electron chi connectivity index (χ3n) is 3.22. The number of aromatic nitrogens is 4. The van der Waals surface area contributed by atoms with E-state index in [1.54, 1.807) is 21.8 Å². The van der Waals surface area contributed by atoms with Crippen molar-refractivity contribution in [2.45, 2.75) is 33.4 Å². The van der Waals surface area contributed by atoms with Crippen molar-refractivity contribution in [3.8, 4) is 0 Å². The van der Waals surface area contributed by atoms with Crippen molar-refractivity contribution in [1.29, 1.82) is 0 Å². The van der Waals surface area contributed by atoms with Gasteiger partial charge >= 0.3 is 5.97 Å². The van der Waals surface area contributed by atoms with Crippen LogP contribution in [-0.4, -0.2) is 38.5 Å². The third-order valence-corrected chi connectivity index (χ3v) is 3.22. The van der Waals surface area contributed by atoms with Crippen molar-refractivity contribution in [2.24, 2.45) is 0 Å². The summed E-state index contributed by atoms with van der Waals surface area (Å²) >= 11 is 0. The summed E-state index contributed by atoms with van der Waals surface area (Å²) < 4.78 is 7.99. The molecular formula is C14H19N5O3. The number of aryl methyl sites for hydroxylation is 3. The third kappa shape index (κ3) is 3.51. The predicted molar refractivity (Wildman–Crippen MR) is 79.5 cm³/mol. The molecule has 8 nitrogen and oxygen atoms in total. The molecule has 22 heavy (non-hydrogen) atoms. The molecule has 2 aromatic rings. The number of hydrogen-bond donors (Lipinski definition) is 1. The Morgan fingerprint density at radius 1 is 1.41 bits per heavy atom. The molecule has 2 aromatic heterocycles. The maximum absolute atomic E-state index is 12.0. The lowest BCUT2D eigenvalue weighted by molar-refractivity contribution is -0.116. The molecule has 0 aliphatic heterocycles. The van der Waals surface area contributed by atoms with Crippen molar-refractivity contribution in [3.63, 3.8) is 0 Å². The van der Waals surface area contributed by atoms with E-state index in [1.807, 2.05) is 19.9 Å². The molecule has 0 fully saturated rings. The fourth-order valence-corrected chi connectivity index (χ4v) is 1.98. The molecule has 0 bridgehead atoms. The average Bonchev–Trinajstić information content (AvgIpc) is 3.10. The van der Waals surface area contributed by atoms with E-state index in [4.69, 9.17) is 0 Å². The molecule has 1 amide bonds. The minimum atomic E-state index is -0.578. The van der Waals surface area contributed by atoms with Crippen molar-refractivity contribution in [1.82, 2.24) is 19.6 Å². The van der Waals surface area contributed by atoms with Crippen LogP contribution in [0.2, 0.25) is 0 Å². The van der Waals surface area contributed by atoms with Crippen LogP contribution in [0.25, 0.3) is 0 Å². The van der Waals surface area contributed by atoms with Gasteiger partial charge in [0.05, 0.1) is 12.8 Å². The fourth-order valence-electron chi connectivity index (χ4n) is 1.98. The molecule has 8 heteroatoms. The van der Waals surface area contributed by atoms with Gasteiger partial charge in [-0.3, -0.25) is 14.2 Å². The number of carbonyl (C=O) groups is 2. The van der Waals surface area contributed by atoms with Crippen LogP contribution in [0.1, 0.15) is 29.5 Å². The lowest BCUT2D eigenvalue weighted by Gasteiger charge is -2.06. The molecular weight excluding hydrogens is 286 g/mol. The van der Waals surface area contributed by atoms with Gasteiger partial charge in [-0.2, -0.15) is 10.2 Å². The van der Waals surface area contributed by atoms with Crippen LogP contribution in [0, 0.1) is 6.92 Å². The molecule has 0 unspecified atom stereocenters. The normalized spacial score (nSPS) is 10.5. The summed E-state index contributed by atoms with van der Waals surface area (Å²) in [5.74, 6) is -0.791. The predicted octanol–water partition coefficient (Wildman–Crippen LogP) is 1.22. The number of nitrogens with one attached hydrogen (secondary N) is 1. The Hall–Kier alpha value is -2.64. The number of anilines is 1. The first-order chi connectivity index (χ1) is 10.5. The molecule has 2 heterocycles. The van der Waals surface area contributed by atoms with Crippen molar-refractivity contribution < 1.29 is 14.3 Å². The summed E-state index contributed by atoms with van der Waals surface area (Å²) in [6.45, 7) is 4.87. The fraction of sp³-hybridized carbons (Fsp3) is 0.429. The lowest BCUT2D eigenvalue weighted by Crippen LogP contribution is -2.17. The highest BCUT2D eigenvalue weighted by Crippen LogP contribution is 2.15. The van der Waals surface area contributed by atoms with Crippen LogP contribution in [0.15, 0.2) is 18.5 Å². The van der Waals surface area contributed by atoms with Gasteiger partial charge in [-0.15, -0.1) is 0 Å². The first-order valence-electron chi connectivity index (χ1n) is 6.99. The number of rotatable bonds is 6. The average molecular weight is 305 g/mol. The van der Waals surface area contributed by atoms with E-state index in [1.165, 1.54) is 7.11 Å².